The Morgan fingerprint density at radius 2 is 1.08 bits per heavy atom. The highest BCUT2D eigenvalue weighted by Crippen LogP contribution is 2.48. The smallest absolute Gasteiger partial charge is 0.227 e. The first-order valence-corrected chi connectivity index (χ1v) is 21.6. The van der Waals surface area contributed by atoms with Gasteiger partial charge in [0.1, 0.15) is 17.7 Å². The molecule has 290 valence electrons. The van der Waals surface area contributed by atoms with Crippen molar-refractivity contribution in [2.24, 2.45) is 0 Å². The van der Waals surface area contributed by atoms with Crippen LogP contribution >= 0.6 is 57.6 Å². The molecule has 0 amide bonds. The molecule has 0 aliphatic heterocycles. The van der Waals surface area contributed by atoms with Gasteiger partial charge in [-0.2, -0.15) is 10.5 Å². The Kier molecular flexibility index (Phi) is 13.5. The van der Waals surface area contributed by atoms with Gasteiger partial charge in [0.05, 0.1) is 37.5 Å². The second-order valence-electron chi connectivity index (χ2n) is 12.3. The molecule has 0 spiro atoms. The maximum atomic E-state index is 9.86. The van der Waals surface area contributed by atoms with Crippen molar-refractivity contribution in [3.63, 3.8) is 0 Å². The molecule has 0 atom stereocenters. The Morgan fingerprint density at radius 3 is 1.53 bits per heavy atom. The predicted octanol–water partition coefficient (Wildman–Crippen LogP) is 13.4. The molecule has 2 N–H and O–H groups in total. The highest BCUT2D eigenvalue weighted by molar-refractivity contribution is 8.00. The average Bonchev–Trinajstić information content (AvgIpc) is 3.84. The van der Waals surface area contributed by atoms with Crippen LogP contribution < -0.4 is 15.4 Å². The van der Waals surface area contributed by atoms with E-state index in [1.807, 2.05) is 135 Å². The number of anilines is 4. The molecule has 0 fully saturated rings. The largest absolute Gasteiger partial charge is 0.483 e. The molecule has 0 radical (unpaired) electrons. The number of aromatic nitrogens is 4. The molecule has 0 aliphatic rings. The molecular formula is C45H32Cl2N8OS3. The SMILES string of the molecule is CCOc1sc(-c2ccnc(Nc3ccccc3)n2)c(-c2ccc(Cl)cc2)c1C#N.CSc1sc(-c2ccnc(Nc3ccccc3)n2)c(-c2ccc(Cl)cc2)c1C#N. The van der Waals surface area contributed by atoms with Gasteiger partial charge in [0.15, 0.2) is 5.06 Å². The molecular weight excluding hydrogens is 836 g/mol. The monoisotopic (exact) mass is 866 g/mol. The summed E-state index contributed by atoms with van der Waals surface area (Å²) in [6, 6.07) is 42.8. The van der Waals surface area contributed by atoms with Crippen LogP contribution in [0.5, 0.6) is 5.06 Å². The highest BCUT2D eigenvalue weighted by Gasteiger charge is 2.24. The number of ether oxygens (including phenoxy) is 1. The number of thioether (sulfide) groups is 1. The summed E-state index contributed by atoms with van der Waals surface area (Å²) in [7, 11) is 0. The van der Waals surface area contributed by atoms with Gasteiger partial charge >= 0.3 is 0 Å². The van der Waals surface area contributed by atoms with Crippen molar-refractivity contribution in [2.45, 2.75) is 11.1 Å². The quantitative estimate of drug-likeness (QED) is 0.121. The fourth-order valence-electron chi connectivity index (χ4n) is 5.94. The maximum Gasteiger partial charge on any atom is 0.227 e. The van der Waals surface area contributed by atoms with E-state index in [-0.39, 0.29) is 0 Å². The van der Waals surface area contributed by atoms with Gasteiger partial charge in [0, 0.05) is 44.9 Å². The summed E-state index contributed by atoms with van der Waals surface area (Å²) in [6.07, 6.45) is 5.40. The Hall–Kier alpha value is -6.25. The zero-order valence-corrected chi connectivity index (χ0v) is 35.4. The summed E-state index contributed by atoms with van der Waals surface area (Å²) in [6.45, 7) is 2.37. The second-order valence-corrected chi connectivity index (χ2v) is 16.3. The van der Waals surface area contributed by atoms with E-state index in [1.54, 1.807) is 35.5 Å². The van der Waals surface area contributed by atoms with Crippen molar-refractivity contribution < 1.29 is 4.74 Å². The van der Waals surface area contributed by atoms with Crippen molar-refractivity contribution in [3.05, 3.63) is 155 Å². The molecule has 8 aromatic rings. The van der Waals surface area contributed by atoms with E-state index in [2.05, 4.69) is 37.7 Å². The Bertz CT molecular complexity index is 2770. The first kappa shape index (κ1) is 40.9. The standard InChI is InChI=1S/C23H17ClN4OS.C22H15ClN4S2/c1-2-29-22-18(14-25)20(15-8-10-16(24)11-9-15)21(30-22)19-12-13-26-23(28-19)27-17-6-4-3-5-7-17;1-28-21-17(13-24)19(14-7-9-15(23)10-8-14)20(29-21)18-11-12-25-22(27-18)26-16-5-3-2-4-6-16/h3-13H,2H2,1H3,(H,26,27,28);2-12H,1H3,(H,25,26,27). The summed E-state index contributed by atoms with van der Waals surface area (Å²) in [5.74, 6) is 0.985. The van der Waals surface area contributed by atoms with E-state index in [9.17, 15) is 10.5 Å². The van der Waals surface area contributed by atoms with Gasteiger partial charge < -0.3 is 15.4 Å². The van der Waals surface area contributed by atoms with Crippen LogP contribution in [0.2, 0.25) is 10.0 Å². The zero-order valence-electron chi connectivity index (χ0n) is 31.5. The van der Waals surface area contributed by atoms with Gasteiger partial charge in [-0.25, -0.2) is 19.9 Å². The normalized spacial score (nSPS) is 10.5. The number of nitrogens with one attached hydrogen (secondary N) is 2. The number of hydrogen-bond donors (Lipinski definition) is 2. The fourth-order valence-corrected chi connectivity index (χ4v) is 9.25. The van der Waals surface area contributed by atoms with Crippen LogP contribution in [0, 0.1) is 22.7 Å². The lowest BCUT2D eigenvalue weighted by molar-refractivity contribution is 0.349. The van der Waals surface area contributed by atoms with E-state index in [0.717, 1.165) is 53.3 Å². The number of nitriles is 2. The zero-order chi connectivity index (χ0) is 41.1. The minimum Gasteiger partial charge on any atom is -0.483 e. The Balaban J connectivity index is 0.000000179. The second kappa shape index (κ2) is 19.5. The molecule has 9 nitrogen and oxygen atoms in total. The molecule has 14 heteroatoms. The van der Waals surface area contributed by atoms with Crippen molar-refractivity contribution in [1.82, 2.24) is 19.9 Å². The van der Waals surface area contributed by atoms with Crippen LogP contribution in [0.15, 0.2) is 138 Å². The summed E-state index contributed by atoms with van der Waals surface area (Å²) in [5.41, 5.74) is 7.92. The molecule has 59 heavy (non-hydrogen) atoms. The number of hydrogen-bond acceptors (Lipinski definition) is 12. The summed E-state index contributed by atoms with van der Waals surface area (Å²) in [4.78, 5) is 19.8. The van der Waals surface area contributed by atoms with Gasteiger partial charge in [0.2, 0.25) is 11.9 Å². The summed E-state index contributed by atoms with van der Waals surface area (Å²) < 4.78 is 6.71. The number of rotatable bonds is 11. The lowest BCUT2D eigenvalue weighted by atomic mass is 10.0. The molecule has 4 aromatic heterocycles. The minimum absolute atomic E-state index is 0.472. The number of para-hydroxylation sites is 2. The molecule has 0 saturated heterocycles. The minimum atomic E-state index is 0.472. The topological polar surface area (TPSA) is 132 Å². The van der Waals surface area contributed by atoms with E-state index in [0.29, 0.717) is 50.4 Å². The van der Waals surface area contributed by atoms with Crippen LogP contribution in [-0.4, -0.2) is 32.8 Å². The van der Waals surface area contributed by atoms with Crippen LogP contribution in [0.4, 0.5) is 23.3 Å². The predicted molar refractivity (Wildman–Crippen MR) is 243 cm³/mol. The van der Waals surface area contributed by atoms with Crippen LogP contribution in [-0.2, 0) is 0 Å². The third-order valence-corrected chi connectivity index (χ3v) is 12.5. The molecule has 0 bridgehead atoms. The van der Waals surface area contributed by atoms with E-state index < -0.39 is 0 Å². The van der Waals surface area contributed by atoms with Gasteiger partial charge in [0.25, 0.3) is 0 Å². The van der Waals surface area contributed by atoms with Crippen molar-refractivity contribution >= 4 is 80.9 Å². The number of thiophene rings is 2. The van der Waals surface area contributed by atoms with E-state index in [4.69, 9.17) is 32.9 Å². The molecule has 0 saturated carbocycles. The van der Waals surface area contributed by atoms with Gasteiger partial charge in [-0.1, -0.05) is 95.2 Å². The third-order valence-electron chi connectivity index (χ3n) is 8.54. The van der Waals surface area contributed by atoms with Crippen molar-refractivity contribution in [1.29, 1.82) is 10.5 Å². The number of benzene rings is 4. The molecule has 8 rings (SSSR count). The first-order chi connectivity index (χ1) is 28.9. The maximum absolute atomic E-state index is 9.86. The average molecular weight is 868 g/mol. The number of nitrogens with zero attached hydrogens (tertiary/aromatic N) is 6. The number of halogens is 2. The Morgan fingerprint density at radius 1 is 0.627 bits per heavy atom. The molecule has 0 unspecified atom stereocenters. The highest BCUT2D eigenvalue weighted by atomic mass is 35.5. The van der Waals surface area contributed by atoms with Crippen LogP contribution in [0.25, 0.3) is 43.4 Å². The van der Waals surface area contributed by atoms with Gasteiger partial charge in [-0.3, -0.25) is 0 Å². The van der Waals surface area contributed by atoms with Crippen LogP contribution in [0.1, 0.15) is 18.1 Å². The van der Waals surface area contributed by atoms with E-state index in [1.165, 1.54) is 11.3 Å². The molecule has 4 heterocycles. The van der Waals surface area contributed by atoms with Gasteiger partial charge in [-0.15, -0.1) is 23.1 Å². The van der Waals surface area contributed by atoms with E-state index >= 15 is 0 Å². The summed E-state index contributed by atoms with van der Waals surface area (Å²) in [5, 5.41) is 28.0. The lowest BCUT2D eigenvalue weighted by Crippen LogP contribution is -1.97. The van der Waals surface area contributed by atoms with Crippen molar-refractivity contribution in [3.8, 4) is 60.6 Å². The summed E-state index contributed by atoms with van der Waals surface area (Å²) >= 11 is 16.7. The first-order valence-electron chi connectivity index (χ1n) is 18.0. The molecule has 0 aliphatic carbocycles. The fraction of sp³-hybridized carbons (Fsp3) is 0.0667. The molecule has 4 aromatic carbocycles. The third kappa shape index (κ3) is 9.73. The van der Waals surface area contributed by atoms with Gasteiger partial charge in [-0.05, 0) is 85.0 Å². The van der Waals surface area contributed by atoms with Crippen molar-refractivity contribution in [2.75, 3.05) is 23.5 Å². The lowest BCUT2D eigenvalue weighted by Gasteiger charge is -2.08. The Labute approximate surface area is 364 Å². The van der Waals surface area contributed by atoms with Crippen LogP contribution in [0.3, 0.4) is 0 Å².